The number of nitrogens with two attached hydrogens (primary N) is 1. The van der Waals surface area contributed by atoms with Crippen LogP contribution in [0.4, 0.5) is 0 Å². The van der Waals surface area contributed by atoms with Gasteiger partial charge in [-0.15, -0.1) is 11.3 Å². The summed E-state index contributed by atoms with van der Waals surface area (Å²) in [7, 11) is 0. The van der Waals surface area contributed by atoms with Crippen LogP contribution in [0.2, 0.25) is 0 Å². The molecule has 0 saturated heterocycles. The molecule has 0 unspecified atom stereocenters. The Bertz CT molecular complexity index is 423. The number of amides is 1. The fourth-order valence-electron chi connectivity index (χ4n) is 1.15. The molecule has 1 amide bonds. The van der Waals surface area contributed by atoms with Crippen molar-refractivity contribution >= 4 is 17.2 Å². The van der Waals surface area contributed by atoms with Gasteiger partial charge >= 0.3 is 0 Å². The molecule has 0 bridgehead atoms. The van der Waals surface area contributed by atoms with Crippen molar-refractivity contribution in [1.29, 1.82) is 0 Å². The van der Waals surface area contributed by atoms with Crippen LogP contribution in [-0.2, 0) is 0 Å². The third-order valence-electron chi connectivity index (χ3n) is 2.06. The van der Waals surface area contributed by atoms with Gasteiger partial charge in [0.1, 0.15) is 0 Å². The highest BCUT2D eigenvalue weighted by molar-refractivity contribution is 7.14. The summed E-state index contributed by atoms with van der Waals surface area (Å²) in [5, 5.41) is 2.94. The molecule has 1 saturated carbocycles. The highest BCUT2D eigenvalue weighted by Crippen LogP contribution is 2.21. The molecule has 0 atom stereocenters. The quantitative estimate of drug-likeness (QED) is 0.729. The summed E-state index contributed by atoms with van der Waals surface area (Å²) in [5.41, 5.74) is 5.27. The highest BCUT2D eigenvalue weighted by atomic mass is 32.1. The van der Waals surface area contributed by atoms with Gasteiger partial charge in [0.15, 0.2) is 0 Å². The number of carbonyl (C=O) groups is 1. The van der Waals surface area contributed by atoms with Gasteiger partial charge in [-0.2, -0.15) is 0 Å². The maximum Gasteiger partial charge on any atom is 0.261 e. The molecular weight excluding hydrogens is 208 g/mol. The Morgan fingerprint density at radius 2 is 2.40 bits per heavy atom. The summed E-state index contributed by atoms with van der Waals surface area (Å²) in [6.45, 7) is 0.349. The van der Waals surface area contributed by atoms with Gasteiger partial charge < -0.3 is 11.1 Å². The van der Waals surface area contributed by atoms with Crippen molar-refractivity contribution < 1.29 is 4.79 Å². The van der Waals surface area contributed by atoms with Crippen LogP contribution in [0.1, 0.15) is 27.4 Å². The lowest BCUT2D eigenvalue weighted by atomic mass is 10.4. The summed E-state index contributed by atoms with van der Waals surface area (Å²) in [6.07, 6.45) is 2.22. The SMILES string of the molecule is NCC#Cc1ccc(C(=O)NC2CC2)s1. The number of rotatable bonds is 2. The van der Waals surface area contributed by atoms with E-state index < -0.39 is 0 Å². The number of carbonyl (C=O) groups excluding carboxylic acids is 1. The standard InChI is InChI=1S/C11H12N2OS/c12-7-1-2-9-5-6-10(15-9)11(14)13-8-3-4-8/h5-6,8H,3-4,7,12H2,(H,13,14). The lowest BCUT2D eigenvalue weighted by Crippen LogP contribution is -2.24. The molecule has 78 valence electrons. The molecule has 1 aromatic heterocycles. The van der Waals surface area contributed by atoms with Crippen molar-refractivity contribution in [3.63, 3.8) is 0 Å². The number of nitrogens with one attached hydrogen (secondary N) is 1. The van der Waals surface area contributed by atoms with Crippen LogP contribution >= 0.6 is 11.3 Å². The molecule has 0 aromatic carbocycles. The first kappa shape index (κ1) is 10.2. The zero-order valence-corrected chi connectivity index (χ0v) is 9.06. The van der Waals surface area contributed by atoms with E-state index in [-0.39, 0.29) is 5.91 Å². The number of hydrogen-bond acceptors (Lipinski definition) is 3. The number of hydrogen-bond donors (Lipinski definition) is 2. The summed E-state index contributed by atoms with van der Waals surface area (Å²) in [4.78, 5) is 13.2. The normalized spacial score (nSPS) is 14.2. The fraction of sp³-hybridized carbons (Fsp3) is 0.364. The van der Waals surface area contributed by atoms with Crippen LogP contribution in [-0.4, -0.2) is 18.5 Å². The van der Waals surface area contributed by atoms with E-state index in [1.54, 1.807) is 0 Å². The molecule has 1 heterocycles. The molecule has 0 aliphatic heterocycles. The Morgan fingerprint density at radius 1 is 1.60 bits per heavy atom. The smallest absolute Gasteiger partial charge is 0.261 e. The lowest BCUT2D eigenvalue weighted by Gasteiger charge is -1.98. The van der Waals surface area contributed by atoms with E-state index in [4.69, 9.17) is 5.73 Å². The van der Waals surface area contributed by atoms with Crippen molar-refractivity contribution in [2.45, 2.75) is 18.9 Å². The Labute approximate surface area is 92.7 Å². The Hall–Kier alpha value is -1.31. The van der Waals surface area contributed by atoms with E-state index >= 15 is 0 Å². The lowest BCUT2D eigenvalue weighted by molar-refractivity contribution is 0.0955. The molecule has 3 N–H and O–H groups in total. The van der Waals surface area contributed by atoms with Gasteiger partial charge in [-0.1, -0.05) is 11.8 Å². The average molecular weight is 220 g/mol. The zero-order valence-electron chi connectivity index (χ0n) is 8.25. The van der Waals surface area contributed by atoms with E-state index in [1.165, 1.54) is 11.3 Å². The molecule has 1 aromatic rings. The first-order valence-corrected chi connectivity index (χ1v) is 5.71. The predicted molar refractivity (Wildman–Crippen MR) is 60.7 cm³/mol. The first-order valence-electron chi connectivity index (χ1n) is 4.89. The summed E-state index contributed by atoms with van der Waals surface area (Å²) >= 11 is 1.41. The third kappa shape index (κ3) is 2.82. The molecule has 0 spiro atoms. The van der Waals surface area contributed by atoms with Crippen molar-refractivity contribution in [1.82, 2.24) is 5.32 Å². The molecule has 2 rings (SSSR count). The van der Waals surface area contributed by atoms with Crippen LogP contribution in [0, 0.1) is 11.8 Å². The van der Waals surface area contributed by atoms with E-state index in [9.17, 15) is 4.79 Å². The molecule has 1 aliphatic carbocycles. The monoisotopic (exact) mass is 220 g/mol. The summed E-state index contributed by atoms with van der Waals surface area (Å²) in [5.74, 6) is 5.70. The van der Waals surface area contributed by atoms with Gasteiger partial charge in [0, 0.05) is 6.04 Å². The zero-order chi connectivity index (χ0) is 10.7. The van der Waals surface area contributed by atoms with Crippen LogP contribution in [0.5, 0.6) is 0 Å². The second-order valence-electron chi connectivity index (χ2n) is 3.42. The van der Waals surface area contributed by atoms with Gasteiger partial charge in [0.25, 0.3) is 5.91 Å². The maximum absolute atomic E-state index is 11.6. The van der Waals surface area contributed by atoms with Crippen LogP contribution in [0.25, 0.3) is 0 Å². The van der Waals surface area contributed by atoms with Gasteiger partial charge in [0.05, 0.1) is 16.3 Å². The van der Waals surface area contributed by atoms with E-state index in [0.29, 0.717) is 12.6 Å². The van der Waals surface area contributed by atoms with Gasteiger partial charge in [-0.25, -0.2) is 0 Å². The van der Waals surface area contributed by atoms with E-state index in [1.807, 2.05) is 12.1 Å². The molecule has 3 nitrogen and oxygen atoms in total. The van der Waals surface area contributed by atoms with Gasteiger partial charge in [-0.05, 0) is 25.0 Å². The van der Waals surface area contributed by atoms with Gasteiger partial charge in [-0.3, -0.25) is 4.79 Å². The van der Waals surface area contributed by atoms with Crippen LogP contribution < -0.4 is 11.1 Å². The minimum absolute atomic E-state index is 0.0169. The van der Waals surface area contributed by atoms with Crippen molar-refractivity contribution in [2.24, 2.45) is 5.73 Å². The third-order valence-corrected chi connectivity index (χ3v) is 3.06. The second-order valence-corrected chi connectivity index (χ2v) is 4.50. The minimum Gasteiger partial charge on any atom is -0.349 e. The van der Waals surface area contributed by atoms with E-state index in [2.05, 4.69) is 17.2 Å². The Kier molecular flexibility index (Phi) is 3.05. The summed E-state index contributed by atoms with van der Waals surface area (Å²) < 4.78 is 0. The first-order chi connectivity index (χ1) is 7.29. The van der Waals surface area contributed by atoms with Crippen molar-refractivity contribution in [2.75, 3.05) is 6.54 Å². The highest BCUT2D eigenvalue weighted by Gasteiger charge is 2.24. The molecule has 15 heavy (non-hydrogen) atoms. The number of thiophene rings is 1. The Morgan fingerprint density at radius 3 is 3.07 bits per heavy atom. The molecular formula is C11H12N2OS. The van der Waals surface area contributed by atoms with Crippen LogP contribution in [0.15, 0.2) is 12.1 Å². The van der Waals surface area contributed by atoms with Crippen molar-refractivity contribution in [3.05, 3.63) is 21.9 Å². The second kappa shape index (κ2) is 4.47. The van der Waals surface area contributed by atoms with Gasteiger partial charge in [0.2, 0.25) is 0 Å². The average Bonchev–Trinajstić information content (AvgIpc) is 2.92. The topological polar surface area (TPSA) is 55.1 Å². The predicted octanol–water partition coefficient (Wildman–Crippen LogP) is 0.951. The maximum atomic E-state index is 11.6. The van der Waals surface area contributed by atoms with E-state index in [0.717, 1.165) is 22.6 Å². The molecule has 0 radical (unpaired) electrons. The minimum atomic E-state index is 0.0169. The molecule has 1 fully saturated rings. The van der Waals surface area contributed by atoms with Crippen LogP contribution in [0.3, 0.4) is 0 Å². The molecule has 4 heteroatoms. The fourth-order valence-corrected chi connectivity index (χ4v) is 1.93. The largest absolute Gasteiger partial charge is 0.349 e. The summed E-state index contributed by atoms with van der Waals surface area (Å²) in [6, 6.07) is 4.07. The molecule has 1 aliphatic rings. The Balaban J connectivity index is 2.01. The van der Waals surface area contributed by atoms with Crippen molar-refractivity contribution in [3.8, 4) is 11.8 Å².